The second kappa shape index (κ2) is 15.8. The summed E-state index contributed by atoms with van der Waals surface area (Å²) in [5.41, 5.74) is 1.89. The molecule has 7 nitrogen and oxygen atoms in total. The summed E-state index contributed by atoms with van der Waals surface area (Å²) in [7, 11) is 0. The maximum Gasteiger partial charge on any atom is 0.255 e. The van der Waals surface area contributed by atoms with E-state index in [1.165, 1.54) is 37.7 Å². The Morgan fingerprint density at radius 2 is 1.60 bits per heavy atom. The van der Waals surface area contributed by atoms with E-state index in [2.05, 4.69) is 39.8 Å². The number of thioether (sulfide) groups is 2. The number of benzene rings is 2. The Morgan fingerprint density at radius 1 is 0.905 bits per heavy atom. The molecular weight excluding hydrogens is 565 g/mol. The predicted octanol–water partition coefficient (Wildman–Crippen LogP) is 4.78. The lowest BCUT2D eigenvalue weighted by Crippen LogP contribution is -2.56. The molecule has 2 N–H and O–H groups in total. The molecule has 3 amide bonds. The number of carbonyl (C=O) groups excluding carboxylic acids is 3. The topological polar surface area (TPSA) is 81.8 Å². The number of nitrogens with one attached hydrogen (secondary N) is 2. The van der Waals surface area contributed by atoms with Crippen LogP contribution in [0.4, 0.5) is 0 Å². The molecule has 3 aliphatic rings. The molecule has 2 aromatic carbocycles. The molecule has 0 aromatic heterocycles. The van der Waals surface area contributed by atoms with Gasteiger partial charge in [0.2, 0.25) is 11.8 Å². The van der Waals surface area contributed by atoms with Crippen LogP contribution in [0.25, 0.3) is 0 Å². The molecule has 2 aliphatic heterocycles. The van der Waals surface area contributed by atoms with Crippen LogP contribution in [0.1, 0.15) is 60.9 Å². The van der Waals surface area contributed by atoms with Crippen molar-refractivity contribution in [1.82, 2.24) is 20.4 Å². The largest absolute Gasteiger partial charge is 0.351 e. The Kier molecular flexibility index (Phi) is 11.7. The summed E-state index contributed by atoms with van der Waals surface area (Å²) in [6.45, 7) is 2.79. The van der Waals surface area contributed by atoms with Crippen molar-refractivity contribution >= 4 is 41.2 Å². The van der Waals surface area contributed by atoms with Gasteiger partial charge in [-0.2, -0.15) is 11.8 Å². The second-order valence-corrected chi connectivity index (χ2v) is 13.9. The quantitative estimate of drug-likeness (QED) is 0.382. The maximum absolute atomic E-state index is 13.6. The van der Waals surface area contributed by atoms with Crippen molar-refractivity contribution in [2.45, 2.75) is 69.6 Å². The van der Waals surface area contributed by atoms with Crippen LogP contribution in [0.2, 0.25) is 0 Å². The number of hydrogen-bond donors (Lipinski definition) is 2. The van der Waals surface area contributed by atoms with Crippen LogP contribution < -0.4 is 10.6 Å². The first-order valence-corrected chi connectivity index (χ1v) is 17.8. The van der Waals surface area contributed by atoms with Gasteiger partial charge in [0, 0.05) is 42.7 Å². The smallest absolute Gasteiger partial charge is 0.255 e. The minimum absolute atomic E-state index is 0.102. The third-order valence-corrected chi connectivity index (χ3v) is 10.9. The fraction of sp³-hybridized carbons (Fsp3) is 0.545. The van der Waals surface area contributed by atoms with E-state index in [1.807, 2.05) is 24.3 Å². The minimum Gasteiger partial charge on any atom is -0.351 e. The Bertz CT molecular complexity index is 1150. The predicted molar refractivity (Wildman–Crippen MR) is 172 cm³/mol. The van der Waals surface area contributed by atoms with Crippen molar-refractivity contribution in [3.8, 4) is 0 Å². The van der Waals surface area contributed by atoms with Crippen molar-refractivity contribution < 1.29 is 14.4 Å². The van der Waals surface area contributed by atoms with Gasteiger partial charge in [0.15, 0.2) is 0 Å². The van der Waals surface area contributed by atoms with Crippen molar-refractivity contribution in [3.05, 3.63) is 71.8 Å². The van der Waals surface area contributed by atoms with Crippen LogP contribution >= 0.6 is 23.5 Å². The zero-order valence-corrected chi connectivity index (χ0v) is 26.1. The third-order valence-electron chi connectivity index (χ3n) is 8.65. The van der Waals surface area contributed by atoms with Gasteiger partial charge in [-0.05, 0) is 55.1 Å². The third kappa shape index (κ3) is 8.77. The molecule has 2 atom stereocenters. The highest BCUT2D eigenvalue weighted by Crippen LogP contribution is 2.27. The summed E-state index contributed by atoms with van der Waals surface area (Å²) >= 11 is 3.36. The van der Waals surface area contributed by atoms with Gasteiger partial charge >= 0.3 is 0 Å². The first-order chi connectivity index (χ1) is 20.6. The molecule has 0 bridgehead atoms. The lowest BCUT2D eigenvalue weighted by Gasteiger charge is -2.33. The summed E-state index contributed by atoms with van der Waals surface area (Å²) in [4.78, 5) is 44.4. The highest BCUT2D eigenvalue weighted by Gasteiger charge is 2.37. The molecule has 5 rings (SSSR count). The summed E-state index contributed by atoms with van der Waals surface area (Å²) in [6, 6.07) is 18.5. The van der Waals surface area contributed by atoms with Crippen molar-refractivity contribution in [1.29, 1.82) is 0 Å². The highest BCUT2D eigenvalue weighted by molar-refractivity contribution is 7.99. The minimum atomic E-state index is -0.618. The molecule has 0 unspecified atom stereocenters. The van der Waals surface area contributed by atoms with Gasteiger partial charge in [0.25, 0.3) is 5.91 Å². The molecule has 2 aromatic rings. The number of nitrogens with zero attached hydrogens (tertiary/aromatic N) is 2. The van der Waals surface area contributed by atoms with E-state index >= 15 is 0 Å². The lowest BCUT2D eigenvalue weighted by molar-refractivity contribution is -0.130. The van der Waals surface area contributed by atoms with Gasteiger partial charge < -0.3 is 15.5 Å². The zero-order chi connectivity index (χ0) is 29.1. The number of hydrogen-bond acceptors (Lipinski definition) is 6. The van der Waals surface area contributed by atoms with Gasteiger partial charge in [-0.3, -0.25) is 19.3 Å². The van der Waals surface area contributed by atoms with Crippen molar-refractivity contribution in [2.24, 2.45) is 5.92 Å². The van der Waals surface area contributed by atoms with E-state index in [4.69, 9.17) is 0 Å². The van der Waals surface area contributed by atoms with E-state index < -0.39 is 12.1 Å². The monoisotopic (exact) mass is 608 g/mol. The van der Waals surface area contributed by atoms with Gasteiger partial charge in [0.05, 0.1) is 5.88 Å². The van der Waals surface area contributed by atoms with E-state index in [-0.39, 0.29) is 23.8 Å². The molecule has 1 aliphatic carbocycles. The fourth-order valence-electron chi connectivity index (χ4n) is 6.14. The van der Waals surface area contributed by atoms with E-state index in [1.54, 1.807) is 40.6 Å². The molecule has 42 heavy (non-hydrogen) atoms. The van der Waals surface area contributed by atoms with E-state index in [0.717, 1.165) is 38.2 Å². The molecule has 1 saturated carbocycles. The zero-order valence-electron chi connectivity index (χ0n) is 24.4. The van der Waals surface area contributed by atoms with Crippen LogP contribution in [-0.4, -0.2) is 81.9 Å². The number of carbonyl (C=O) groups is 3. The van der Waals surface area contributed by atoms with Gasteiger partial charge in [-0.1, -0.05) is 67.8 Å². The Balaban J connectivity index is 1.17. The van der Waals surface area contributed by atoms with Crippen LogP contribution in [0.15, 0.2) is 60.7 Å². The standard InChI is InChI=1S/C33H44N4O3S2/c38-31(34-28-16-18-36(19-17-28)20-25-10-4-1-5-11-25)29(22-41-21-26-12-6-2-7-13-26)35-32(39)30-23-42-24-37(30)33(40)27-14-8-3-9-15-27/h1,3-5,8-11,14-15,26,28-30H,2,6-7,12-13,16-24H2,(H,34,38)(H,35,39)/t29-,30-/m0/s1. The number of amides is 3. The van der Waals surface area contributed by atoms with Gasteiger partial charge in [-0.15, -0.1) is 11.8 Å². The summed E-state index contributed by atoms with van der Waals surface area (Å²) in [5.74, 6) is 2.79. The molecule has 2 saturated heterocycles. The molecule has 0 radical (unpaired) electrons. The van der Waals surface area contributed by atoms with Crippen LogP contribution in [-0.2, 0) is 16.1 Å². The summed E-state index contributed by atoms with van der Waals surface area (Å²) in [5, 5.41) is 6.34. The first kappa shape index (κ1) is 31.0. The Morgan fingerprint density at radius 3 is 2.31 bits per heavy atom. The van der Waals surface area contributed by atoms with Crippen molar-refractivity contribution in [3.63, 3.8) is 0 Å². The van der Waals surface area contributed by atoms with Crippen molar-refractivity contribution in [2.75, 3.05) is 36.2 Å². The Labute approximate surface area is 258 Å². The highest BCUT2D eigenvalue weighted by atomic mass is 32.2. The average molecular weight is 609 g/mol. The van der Waals surface area contributed by atoms with E-state index in [9.17, 15) is 14.4 Å². The number of likely N-dealkylation sites (tertiary alicyclic amines) is 1. The summed E-state index contributed by atoms with van der Waals surface area (Å²) in [6.07, 6.45) is 8.21. The fourth-order valence-corrected chi connectivity index (χ4v) is 8.57. The number of rotatable bonds is 11. The normalized spacial score (nSPS) is 21.1. The van der Waals surface area contributed by atoms with Gasteiger partial charge in [0.1, 0.15) is 12.1 Å². The lowest BCUT2D eigenvalue weighted by atomic mass is 9.91. The molecule has 2 heterocycles. The van der Waals surface area contributed by atoms with Crippen LogP contribution in [0.5, 0.6) is 0 Å². The summed E-state index contributed by atoms with van der Waals surface area (Å²) < 4.78 is 0. The molecule has 3 fully saturated rings. The van der Waals surface area contributed by atoms with E-state index in [0.29, 0.717) is 28.9 Å². The second-order valence-electron chi connectivity index (χ2n) is 11.8. The molecule has 9 heteroatoms. The molecule has 0 spiro atoms. The SMILES string of the molecule is O=C(NC1CCN(Cc2ccccc2)CC1)[C@H](CSCC1CCCCC1)NC(=O)[C@@H]1CSCN1C(=O)c1ccccc1. The maximum atomic E-state index is 13.6. The molecule has 226 valence electrons. The Hall–Kier alpha value is -2.49. The van der Waals surface area contributed by atoms with Gasteiger partial charge in [-0.25, -0.2) is 0 Å². The number of piperidine rings is 1. The average Bonchev–Trinajstić information content (AvgIpc) is 3.53. The van der Waals surface area contributed by atoms with Crippen LogP contribution in [0, 0.1) is 5.92 Å². The van der Waals surface area contributed by atoms with Crippen LogP contribution in [0.3, 0.4) is 0 Å². The first-order valence-electron chi connectivity index (χ1n) is 15.5. The molecular formula is C33H44N4O3S2.